The Labute approximate surface area is 169 Å². The molecular formula is C23H25NO5. The first-order chi connectivity index (χ1) is 13.8. The zero-order chi connectivity index (χ0) is 20.9. The van der Waals surface area contributed by atoms with Crippen LogP contribution in [0.15, 0.2) is 36.4 Å². The molecule has 2 amide bonds. The Hall–Kier alpha value is -2.76. The number of carbonyl (C=O) groups is 4. The van der Waals surface area contributed by atoms with Gasteiger partial charge in [0.15, 0.2) is 12.4 Å². The van der Waals surface area contributed by atoms with E-state index in [2.05, 4.69) is 0 Å². The number of imide groups is 1. The number of hydrogen-bond donors (Lipinski definition) is 0. The van der Waals surface area contributed by atoms with Gasteiger partial charge in [0.05, 0.1) is 11.8 Å². The van der Waals surface area contributed by atoms with E-state index in [4.69, 9.17) is 4.74 Å². The van der Waals surface area contributed by atoms with Crippen LogP contribution in [0.1, 0.15) is 36.2 Å². The average molecular weight is 395 g/mol. The molecule has 0 aromatic heterocycles. The summed E-state index contributed by atoms with van der Waals surface area (Å²) in [6.07, 6.45) is 4.87. The number of allylic oxidation sites excluding steroid dienone is 2. The smallest absolute Gasteiger partial charge is 0.330 e. The molecule has 1 saturated heterocycles. The number of hydrogen-bond acceptors (Lipinski definition) is 5. The number of benzene rings is 1. The van der Waals surface area contributed by atoms with Gasteiger partial charge in [0.25, 0.3) is 0 Å². The third-order valence-corrected chi connectivity index (χ3v) is 6.37. The van der Waals surface area contributed by atoms with Gasteiger partial charge in [-0.1, -0.05) is 55.8 Å². The van der Waals surface area contributed by atoms with Crippen LogP contribution in [0.4, 0.5) is 0 Å². The second kappa shape index (κ2) is 7.25. The van der Waals surface area contributed by atoms with Gasteiger partial charge in [-0.25, -0.2) is 4.79 Å². The van der Waals surface area contributed by atoms with E-state index in [1.54, 1.807) is 26.0 Å². The van der Waals surface area contributed by atoms with Crippen molar-refractivity contribution in [1.29, 1.82) is 0 Å². The SMILES string of the molecule is Cc1ccc(C(=O)COC(=O)[C@H](C(C)C)N2C(=O)[C@@H]3[C@@H](C2=O)[C@H]2C=C[C@H]3C2)cc1. The number of nitrogens with zero attached hydrogens (tertiary/aromatic N) is 1. The summed E-state index contributed by atoms with van der Waals surface area (Å²) in [6, 6.07) is 5.99. The summed E-state index contributed by atoms with van der Waals surface area (Å²) in [4.78, 5) is 52.3. The van der Waals surface area contributed by atoms with Crippen LogP contribution in [0.2, 0.25) is 0 Å². The zero-order valence-electron chi connectivity index (χ0n) is 16.8. The number of esters is 1. The first-order valence-corrected chi connectivity index (χ1v) is 10.1. The van der Waals surface area contributed by atoms with Crippen LogP contribution >= 0.6 is 0 Å². The Kier molecular flexibility index (Phi) is 4.89. The third kappa shape index (κ3) is 3.20. The normalized spacial score (nSPS) is 28.2. The van der Waals surface area contributed by atoms with E-state index in [1.165, 1.54) is 0 Å². The van der Waals surface area contributed by atoms with Gasteiger partial charge in [0.1, 0.15) is 6.04 Å². The van der Waals surface area contributed by atoms with Crippen LogP contribution in [0.25, 0.3) is 0 Å². The van der Waals surface area contributed by atoms with E-state index in [0.717, 1.165) is 16.9 Å². The van der Waals surface area contributed by atoms with Crippen molar-refractivity contribution < 1.29 is 23.9 Å². The average Bonchev–Trinajstić information content (AvgIpc) is 3.36. The number of aryl methyl sites for hydroxylation is 1. The van der Waals surface area contributed by atoms with Crippen LogP contribution in [-0.4, -0.2) is 41.1 Å². The zero-order valence-corrected chi connectivity index (χ0v) is 16.8. The molecule has 2 bridgehead atoms. The Balaban J connectivity index is 1.47. The van der Waals surface area contributed by atoms with Crippen LogP contribution in [-0.2, 0) is 19.1 Å². The predicted molar refractivity (Wildman–Crippen MR) is 105 cm³/mol. The highest BCUT2D eigenvalue weighted by Gasteiger charge is 2.61. The molecule has 6 heteroatoms. The Morgan fingerprint density at radius 2 is 1.59 bits per heavy atom. The molecule has 6 nitrogen and oxygen atoms in total. The number of likely N-dealkylation sites (tertiary alicyclic amines) is 1. The topological polar surface area (TPSA) is 80.8 Å². The molecule has 0 N–H and O–H groups in total. The maximum atomic E-state index is 13.0. The minimum atomic E-state index is -1.01. The van der Waals surface area contributed by atoms with Gasteiger partial charge >= 0.3 is 5.97 Å². The van der Waals surface area contributed by atoms with Crippen LogP contribution in [0.5, 0.6) is 0 Å². The van der Waals surface area contributed by atoms with Crippen molar-refractivity contribution in [3.05, 3.63) is 47.5 Å². The second-order valence-corrected chi connectivity index (χ2v) is 8.63. The van der Waals surface area contributed by atoms with Gasteiger partial charge in [-0.05, 0) is 31.1 Å². The summed E-state index contributed by atoms with van der Waals surface area (Å²) in [7, 11) is 0. The van der Waals surface area contributed by atoms with E-state index in [9.17, 15) is 19.2 Å². The summed E-state index contributed by atoms with van der Waals surface area (Å²) in [5.74, 6) is -2.45. The van der Waals surface area contributed by atoms with E-state index in [1.807, 2.05) is 31.2 Å². The Morgan fingerprint density at radius 1 is 1.03 bits per heavy atom. The lowest BCUT2D eigenvalue weighted by molar-refractivity contribution is -0.160. The molecule has 1 aromatic rings. The van der Waals surface area contributed by atoms with Crippen molar-refractivity contribution in [2.45, 2.75) is 33.2 Å². The van der Waals surface area contributed by atoms with E-state index >= 15 is 0 Å². The van der Waals surface area contributed by atoms with Crippen LogP contribution in [0.3, 0.4) is 0 Å². The van der Waals surface area contributed by atoms with Gasteiger partial charge in [-0.3, -0.25) is 19.3 Å². The van der Waals surface area contributed by atoms with Crippen LogP contribution in [0, 0.1) is 36.5 Å². The number of ketones is 1. The molecule has 1 aromatic carbocycles. The Morgan fingerprint density at radius 3 is 2.10 bits per heavy atom. The molecule has 152 valence electrons. The summed E-state index contributed by atoms with van der Waals surface area (Å²) < 4.78 is 5.26. The number of ether oxygens (including phenoxy) is 1. The molecule has 1 saturated carbocycles. The summed E-state index contributed by atoms with van der Waals surface area (Å²) >= 11 is 0. The standard InChI is InChI=1S/C23H25NO5/c1-12(2)20(23(28)29-11-17(25)14-6-4-13(3)5-7-14)24-21(26)18-15-8-9-16(10-15)19(18)22(24)27/h4-9,12,15-16,18-20H,10-11H2,1-3H3/t15-,16-,18-,19-,20-/m0/s1. The molecule has 0 unspecified atom stereocenters. The number of amides is 2. The first-order valence-electron chi connectivity index (χ1n) is 10.1. The highest BCUT2D eigenvalue weighted by Crippen LogP contribution is 2.53. The fourth-order valence-corrected chi connectivity index (χ4v) is 4.92. The van der Waals surface area contributed by atoms with Crippen molar-refractivity contribution in [1.82, 2.24) is 4.90 Å². The lowest BCUT2D eigenvalue weighted by atomic mass is 9.85. The quantitative estimate of drug-likeness (QED) is 0.320. The van der Waals surface area contributed by atoms with E-state index in [0.29, 0.717) is 5.56 Å². The highest BCUT2D eigenvalue weighted by molar-refractivity contribution is 6.09. The fraction of sp³-hybridized carbons (Fsp3) is 0.478. The molecule has 0 radical (unpaired) electrons. The highest BCUT2D eigenvalue weighted by atomic mass is 16.5. The maximum absolute atomic E-state index is 13.0. The molecule has 29 heavy (non-hydrogen) atoms. The van der Waals surface area contributed by atoms with Crippen LogP contribution < -0.4 is 0 Å². The molecule has 4 rings (SSSR count). The molecule has 1 heterocycles. The van der Waals surface area contributed by atoms with Gasteiger partial charge < -0.3 is 4.74 Å². The number of rotatable bonds is 6. The second-order valence-electron chi connectivity index (χ2n) is 8.63. The van der Waals surface area contributed by atoms with Crippen molar-refractivity contribution in [2.24, 2.45) is 29.6 Å². The largest absolute Gasteiger partial charge is 0.456 e. The lowest BCUT2D eigenvalue weighted by Gasteiger charge is -2.28. The molecule has 1 aliphatic heterocycles. The minimum absolute atomic E-state index is 0.0818. The van der Waals surface area contributed by atoms with E-state index < -0.39 is 18.6 Å². The number of carbonyl (C=O) groups excluding carboxylic acids is 4. The minimum Gasteiger partial charge on any atom is -0.456 e. The fourth-order valence-electron chi connectivity index (χ4n) is 4.92. The molecular weight excluding hydrogens is 370 g/mol. The number of fused-ring (bicyclic) bond motifs is 5. The van der Waals surface area contributed by atoms with Gasteiger partial charge in [-0.2, -0.15) is 0 Å². The van der Waals surface area contributed by atoms with Crippen molar-refractivity contribution in [3.8, 4) is 0 Å². The molecule has 5 atom stereocenters. The maximum Gasteiger partial charge on any atom is 0.330 e. The Bertz CT molecular complexity index is 870. The van der Waals surface area contributed by atoms with Crippen molar-refractivity contribution >= 4 is 23.6 Å². The first kappa shape index (κ1) is 19.6. The summed E-state index contributed by atoms with van der Waals surface area (Å²) in [6.45, 7) is 5.05. The molecule has 2 aliphatic carbocycles. The predicted octanol–water partition coefficient (Wildman–Crippen LogP) is 2.55. The van der Waals surface area contributed by atoms with Crippen molar-refractivity contribution in [2.75, 3.05) is 6.61 Å². The molecule has 3 aliphatic rings. The molecule has 2 fully saturated rings. The summed E-state index contributed by atoms with van der Waals surface area (Å²) in [5.41, 5.74) is 1.48. The van der Waals surface area contributed by atoms with Crippen molar-refractivity contribution in [3.63, 3.8) is 0 Å². The van der Waals surface area contributed by atoms with Gasteiger partial charge in [0, 0.05) is 5.56 Å². The summed E-state index contributed by atoms with van der Waals surface area (Å²) in [5, 5.41) is 0. The third-order valence-electron chi connectivity index (χ3n) is 6.37. The lowest BCUT2D eigenvalue weighted by Crippen LogP contribution is -2.50. The monoisotopic (exact) mass is 395 g/mol. The van der Waals surface area contributed by atoms with Gasteiger partial charge in [0.2, 0.25) is 11.8 Å². The van der Waals surface area contributed by atoms with Gasteiger partial charge in [-0.15, -0.1) is 0 Å². The molecule has 0 spiro atoms. The number of Topliss-reactive ketones (excluding diaryl/α,β-unsaturated/α-hetero) is 1. The van der Waals surface area contributed by atoms with E-state index in [-0.39, 0.29) is 47.2 Å².